The van der Waals surface area contributed by atoms with Gasteiger partial charge in [-0.3, -0.25) is 0 Å². The fourth-order valence-corrected chi connectivity index (χ4v) is 2.50. The van der Waals surface area contributed by atoms with E-state index >= 15 is 0 Å². The van der Waals surface area contributed by atoms with Crippen LogP contribution in [-0.2, 0) is 6.54 Å². The van der Waals surface area contributed by atoms with E-state index in [0.717, 1.165) is 19.6 Å². The fraction of sp³-hybridized carbons (Fsp3) is 0.316. The van der Waals surface area contributed by atoms with Gasteiger partial charge in [-0.15, -0.1) is 0 Å². The van der Waals surface area contributed by atoms with Gasteiger partial charge in [0, 0.05) is 37.0 Å². The van der Waals surface area contributed by atoms with Gasteiger partial charge in [0.15, 0.2) is 6.20 Å². The quantitative estimate of drug-likeness (QED) is 0.512. The lowest BCUT2D eigenvalue weighted by Crippen LogP contribution is -3.00. The molecule has 2 rings (SSSR count). The summed E-state index contributed by atoms with van der Waals surface area (Å²) >= 11 is 0. The molecule has 2 aromatic rings. The third-order valence-corrected chi connectivity index (χ3v) is 3.78. The molecule has 0 unspecified atom stereocenters. The number of benzene rings is 1. The zero-order valence-electron chi connectivity index (χ0n) is 13.7. The van der Waals surface area contributed by atoms with Crippen molar-refractivity contribution >= 4 is 17.8 Å². The molecule has 0 aliphatic carbocycles. The number of halogens is 1. The Morgan fingerprint density at radius 3 is 2.18 bits per heavy atom. The van der Waals surface area contributed by atoms with E-state index in [-0.39, 0.29) is 24.0 Å². The van der Waals surface area contributed by atoms with Crippen LogP contribution in [-0.4, -0.2) is 13.1 Å². The lowest BCUT2D eigenvalue weighted by Gasteiger charge is -2.20. The molecule has 1 heterocycles. The molecule has 1 aromatic heterocycles. The number of nitrogens with zero attached hydrogens (tertiary/aromatic N) is 2. The Bertz CT molecular complexity index is 587. The second-order valence-corrected chi connectivity index (χ2v) is 5.01. The van der Waals surface area contributed by atoms with E-state index in [2.05, 4.69) is 91.1 Å². The van der Waals surface area contributed by atoms with E-state index < -0.39 is 0 Å². The minimum Gasteiger partial charge on any atom is -1.00 e. The maximum atomic E-state index is 2.36. The Kier molecular flexibility index (Phi) is 8.17. The highest BCUT2D eigenvalue weighted by Crippen LogP contribution is 2.16. The summed E-state index contributed by atoms with van der Waals surface area (Å²) in [6, 6.07) is 15.1. The average Bonchev–Trinajstić information content (AvgIpc) is 2.55. The Balaban J connectivity index is 0.00000242. The maximum absolute atomic E-state index is 2.36. The van der Waals surface area contributed by atoms with Gasteiger partial charge in [0.25, 0.3) is 0 Å². The van der Waals surface area contributed by atoms with Crippen LogP contribution >= 0.6 is 0 Å². The van der Waals surface area contributed by atoms with Crippen LogP contribution in [0.15, 0.2) is 48.7 Å². The summed E-state index contributed by atoms with van der Waals surface area (Å²) in [6.45, 7) is 9.63. The fourth-order valence-electron chi connectivity index (χ4n) is 2.50. The van der Waals surface area contributed by atoms with Crippen molar-refractivity contribution in [1.82, 2.24) is 0 Å². The number of rotatable bonds is 6. The van der Waals surface area contributed by atoms with Crippen LogP contribution in [0.4, 0.5) is 5.69 Å². The van der Waals surface area contributed by atoms with Gasteiger partial charge in [-0.1, -0.05) is 12.1 Å². The van der Waals surface area contributed by atoms with Crippen molar-refractivity contribution in [3.8, 4) is 0 Å². The molecular weight excluding hydrogens is 383 g/mol. The smallest absolute Gasteiger partial charge is 0.205 e. The van der Waals surface area contributed by atoms with Crippen LogP contribution in [0.5, 0.6) is 0 Å². The van der Waals surface area contributed by atoms with Crippen LogP contribution in [0, 0.1) is 0 Å². The number of pyridine rings is 1. The number of aromatic nitrogens is 1. The standard InChI is InChI=1S/C19H25N2.HI/c1-4-20(5-2)19-14-11-17(12-15-19)10-13-18-9-7-8-16-21(18)6-3;/h7-16H,4-6H2,1-3H3;1H/q+1;/p-1. The van der Waals surface area contributed by atoms with E-state index in [1.54, 1.807) is 0 Å². The van der Waals surface area contributed by atoms with Gasteiger partial charge in [0.1, 0.15) is 6.54 Å². The zero-order valence-corrected chi connectivity index (χ0v) is 15.8. The Morgan fingerprint density at radius 2 is 1.59 bits per heavy atom. The highest BCUT2D eigenvalue weighted by molar-refractivity contribution is 5.68. The van der Waals surface area contributed by atoms with E-state index in [0.29, 0.717) is 0 Å². The topological polar surface area (TPSA) is 7.12 Å². The van der Waals surface area contributed by atoms with Crippen LogP contribution in [0.25, 0.3) is 12.2 Å². The summed E-state index contributed by atoms with van der Waals surface area (Å²) in [6.07, 6.45) is 6.46. The van der Waals surface area contributed by atoms with Crippen molar-refractivity contribution in [3.63, 3.8) is 0 Å². The van der Waals surface area contributed by atoms with E-state index in [4.69, 9.17) is 0 Å². The van der Waals surface area contributed by atoms with E-state index in [1.807, 2.05) is 0 Å². The predicted octanol–water partition coefficient (Wildman–Crippen LogP) is 1.01. The number of hydrogen-bond acceptors (Lipinski definition) is 1. The summed E-state index contributed by atoms with van der Waals surface area (Å²) in [5.74, 6) is 0. The molecule has 118 valence electrons. The molecule has 2 nitrogen and oxygen atoms in total. The molecule has 0 atom stereocenters. The van der Waals surface area contributed by atoms with Crippen LogP contribution in [0.2, 0.25) is 0 Å². The molecule has 0 amide bonds. The molecule has 0 aliphatic rings. The molecule has 0 aliphatic heterocycles. The number of anilines is 1. The molecule has 0 fully saturated rings. The van der Waals surface area contributed by atoms with Crippen molar-refractivity contribution in [2.45, 2.75) is 27.3 Å². The summed E-state index contributed by atoms with van der Waals surface area (Å²) in [5, 5.41) is 0. The molecular formula is C19H25IN2. The molecule has 0 spiro atoms. The molecule has 0 N–H and O–H groups in total. The SMILES string of the molecule is CCN(CC)c1ccc(/C=C\c2cccc[n+]2CC)cc1.[I-]. The molecule has 0 saturated carbocycles. The van der Waals surface area contributed by atoms with Crippen LogP contribution in [0.1, 0.15) is 32.0 Å². The van der Waals surface area contributed by atoms with Gasteiger partial charge in [0.2, 0.25) is 5.69 Å². The van der Waals surface area contributed by atoms with Gasteiger partial charge in [-0.25, -0.2) is 0 Å². The highest BCUT2D eigenvalue weighted by Gasteiger charge is 2.03. The average molecular weight is 408 g/mol. The van der Waals surface area contributed by atoms with Crippen molar-refractivity contribution in [2.24, 2.45) is 0 Å². The largest absolute Gasteiger partial charge is 1.00 e. The van der Waals surface area contributed by atoms with Gasteiger partial charge < -0.3 is 28.9 Å². The number of hydrogen-bond donors (Lipinski definition) is 0. The minimum absolute atomic E-state index is 0. The van der Waals surface area contributed by atoms with Crippen molar-refractivity contribution in [1.29, 1.82) is 0 Å². The first-order valence-electron chi connectivity index (χ1n) is 7.80. The Hall–Kier alpha value is -1.36. The van der Waals surface area contributed by atoms with E-state index in [9.17, 15) is 0 Å². The minimum atomic E-state index is 0. The summed E-state index contributed by atoms with van der Waals surface area (Å²) < 4.78 is 2.24. The normalized spacial score (nSPS) is 10.5. The Labute approximate surface area is 151 Å². The molecule has 0 bridgehead atoms. The highest BCUT2D eigenvalue weighted by atomic mass is 127. The van der Waals surface area contributed by atoms with Crippen LogP contribution < -0.4 is 33.4 Å². The first-order chi connectivity index (χ1) is 10.3. The second-order valence-electron chi connectivity index (χ2n) is 5.01. The van der Waals surface area contributed by atoms with Gasteiger partial charge >= 0.3 is 0 Å². The van der Waals surface area contributed by atoms with E-state index in [1.165, 1.54) is 16.9 Å². The zero-order chi connectivity index (χ0) is 15.1. The van der Waals surface area contributed by atoms with Gasteiger partial charge in [0.05, 0.1) is 0 Å². The first-order valence-corrected chi connectivity index (χ1v) is 7.80. The monoisotopic (exact) mass is 408 g/mol. The molecule has 3 heteroatoms. The maximum Gasteiger partial charge on any atom is 0.205 e. The lowest BCUT2D eigenvalue weighted by molar-refractivity contribution is -0.695. The molecule has 0 radical (unpaired) electrons. The van der Waals surface area contributed by atoms with Crippen molar-refractivity contribution in [3.05, 3.63) is 59.9 Å². The van der Waals surface area contributed by atoms with Gasteiger partial charge in [-0.2, -0.15) is 4.57 Å². The Morgan fingerprint density at radius 1 is 0.909 bits per heavy atom. The predicted molar refractivity (Wildman–Crippen MR) is 91.2 cm³/mol. The summed E-state index contributed by atoms with van der Waals surface area (Å²) in [4.78, 5) is 2.36. The summed E-state index contributed by atoms with van der Waals surface area (Å²) in [5.41, 5.74) is 3.76. The third kappa shape index (κ3) is 4.83. The van der Waals surface area contributed by atoms with Gasteiger partial charge in [-0.05, 0) is 50.6 Å². The summed E-state index contributed by atoms with van der Waals surface area (Å²) in [7, 11) is 0. The second kappa shape index (κ2) is 9.62. The molecule has 0 saturated heterocycles. The number of aryl methyl sites for hydroxylation is 1. The lowest BCUT2D eigenvalue weighted by atomic mass is 10.1. The van der Waals surface area contributed by atoms with Crippen molar-refractivity contribution < 1.29 is 28.5 Å². The molecule has 22 heavy (non-hydrogen) atoms. The molecule has 1 aromatic carbocycles. The first kappa shape index (κ1) is 18.7. The van der Waals surface area contributed by atoms with Crippen molar-refractivity contribution in [2.75, 3.05) is 18.0 Å². The van der Waals surface area contributed by atoms with Crippen LogP contribution in [0.3, 0.4) is 0 Å². The third-order valence-electron chi connectivity index (χ3n) is 3.78.